The first-order chi connectivity index (χ1) is 12.9. The van der Waals surface area contributed by atoms with Gasteiger partial charge in [0.15, 0.2) is 5.13 Å². The van der Waals surface area contributed by atoms with Crippen molar-refractivity contribution in [2.45, 2.75) is 45.4 Å². The molecule has 0 aliphatic rings. The first-order valence-electron chi connectivity index (χ1n) is 9.07. The Morgan fingerprint density at radius 2 is 2.15 bits per heavy atom. The number of nitrogens with one attached hydrogen (secondary N) is 2. The average Bonchev–Trinajstić information content (AvgIpc) is 3.30. The molecule has 1 unspecified atom stereocenters. The second kappa shape index (κ2) is 9.96. The molecular formula is C18H26N5O3S+. The summed E-state index contributed by atoms with van der Waals surface area (Å²) in [6.45, 7) is 4.14. The number of hydrogen-bond donors (Lipinski definition) is 2. The van der Waals surface area contributed by atoms with E-state index < -0.39 is 5.91 Å². The number of aromatic nitrogens is 2. The molecule has 0 saturated heterocycles. The fraction of sp³-hybridized carbons (Fsp3) is 0.500. The summed E-state index contributed by atoms with van der Waals surface area (Å²) in [6.07, 6.45) is 7.30. The summed E-state index contributed by atoms with van der Waals surface area (Å²) >= 11 is 1.39. The van der Waals surface area contributed by atoms with Crippen LogP contribution in [0.15, 0.2) is 23.8 Å². The maximum atomic E-state index is 12.1. The summed E-state index contributed by atoms with van der Waals surface area (Å²) < 4.78 is 1.23. The zero-order valence-electron chi connectivity index (χ0n) is 15.9. The summed E-state index contributed by atoms with van der Waals surface area (Å²) in [6, 6.07) is 1.51. The third-order valence-corrected chi connectivity index (χ3v) is 5.04. The van der Waals surface area contributed by atoms with Crippen LogP contribution >= 0.6 is 11.3 Å². The predicted molar refractivity (Wildman–Crippen MR) is 105 cm³/mol. The highest BCUT2D eigenvalue weighted by molar-refractivity contribution is 7.13. The van der Waals surface area contributed by atoms with Crippen LogP contribution in [0, 0.1) is 4.91 Å². The molecule has 2 amide bonds. The quantitative estimate of drug-likeness (QED) is 0.607. The molecule has 0 fully saturated rings. The molecule has 9 heteroatoms. The highest BCUT2D eigenvalue weighted by Crippen LogP contribution is 2.28. The lowest BCUT2D eigenvalue weighted by molar-refractivity contribution is -0.578. The number of amides is 2. The number of anilines is 1. The van der Waals surface area contributed by atoms with Crippen molar-refractivity contribution in [1.29, 1.82) is 0 Å². The summed E-state index contributed by atoms with van der Waals surface area (Å²) in [4.78, 5) is 40.4. The Morgan fingerprint density at radius 3 is 2.78 bits per heavy atom. The van der Waals surface area contributed by atoms with Gasteiger partial charge in [-0.25, -0.2) is 4.98 Å². The van der Waals surface area contributed by atoms with Gasteiger partial charge in [-0.3, -0.25) is 9.59 Å². The molecular weight excluding hydrogens is 366 g/mol. The highest BCUT2D eigenvalue weighted by atomic mass is 32.1. The molecule has 0 radical (unpaired) electrons. The highest BCUT2D eigenvalue weighted by Gasteiger charge is 2.16. The lowest BCUT2D eigenvalue weighted by atomic mass is 9.97. The van der Waals surface area contributed by atoms with Gasteiger partial charge in [0.2, 0.25) is 13.0 Å². The van der Waals surface area contributed by atoms with Crippen LogP contribution in [0.4, 0.5) is 5.13 Å². The molecule has 0 bridgehead atoms. The molecule has 0 aliphatic heterocycles. The fourth-order valence-corrected chi connectivity index (χ4v) is 3.47. The summed E-state index contributed by atoms with van der Waals surface area (Å²) in [5.41, 5.74) is 1.32. The van der Waals surface area contributed by atoms with E-state index in [9.17, 15) is 14.5 Å². The van der Waals surface area contributed by atoms with Crippen LogP contribution in [-0.2, 0) is 4.79 Å². The normalized spacial score (nSPS) is 11.8. The topological polar surface area (TPSA) is 96.1 Å². The van der Waals surface area contributed by atoms with Crippen LogP contribution in [0.5, 0.6) is 0 Å². The van der Waals surface area contributed by atoms with Crippen LogP contribution < -0.4 is 10.6 Å². The van der Waals surface area contributed by atoms with Crippen molar-refractivity contribution >= 4 is 28.3 Å². The summed E-state index contributed by atoms with van der Waals surface area (Å²) in [7, 11) is 1.32. The van der Waals surface area contributed by atoms with E-state index in [1.165, 1.54) is 41.5 Å². The molecule has 146 valence electrons. The van der Waals surface area contributed by atoms with E-state index in [-0.39, 0.29) is 12.5 Å². The molecule has 27 heavy (non-hydrogen) atoms. The van der Waals surface area contributed by atoms with E-state index in [1.54, 1.807) is 0 Å². The number of carbonyl (C=O) groups is 2. The Bertz CT molecular complexity index is 799. The number of carbonyl (C=O) groups excluding carboxylic acids is 2. The molecule has 2 N–H and O–H groups in total. The van der Waals surface area contributed by atoms with Gasteiger partial charge in [-0.2, -0.15) is 0 Å². The van der Waals surface area contributed by atoms with Crippen molar-refractivity contribution in [3.8, 4) is 0 Å². The molecule has 0 aromatic carbocycles. The van der Waals surface area contributed by atoms with Crippen molar-refractivity contribution in [3.05, 3.63) is 40.0 Å². The number of thiazole rings is 1. The standard InChI is InChI=1S/C18H25N5O3S/c1-4-6-7-13(5-2)15-12-27-18(20-15)21-16(24)10-19-17(25)14-8-9-23(11-14)22(3)26/h8-9,11-13H,4-7,10H2,1-3H3,(H-,19,20,21,24,25)/p+1. The van der Waals surface area contributed by atoms with Crippen molar-refractivity contribution in [3.63, 3.8) is 0 Å². The van der Waals surface area contributed by atoms with Gasteiger partial charge < -0.3 is 10.6 Å². The zero-order valence-corrected chi connectivity index (χ0v) is 16.7. The zero-order chi connectivity index (χ0) is 19.8. The Kier molecular flexibility index (Phi) is 7.66. The van der Waals surface area contributed by atoms with Gasteiger partial charge in [0.1, 0.15) is 4.87 Å². The number of nitrogens with zero attached hydrogens (tertiary/aromatic N) is 3. The second-order valence-corrected chi connectivity index (χ2v) is 7.16. The maximum absolute atomic E-state index is 12.1. The van der Waals surface area contributed by atoms with E-state index in [1.807, 2.05) is 5.38 Å². The van der Waals surface area contributed by atoms with Gasteiger partial charge in [-0.15, -0.1) is 11.3 Å². The van der Waals surface area contributed by atoms with Gasteiger partial charge in [-0.1, -0.05) is 31.4 Å². The SMILES string of the molecule is CCCCC(CC)c1csc(NC(=O)CNC(=O)c2ccn([N+](C)=O)c2)n1. The van der Waals surface area contributed by atoms with Gasteiger partial charge in [0.25, 0.3) is 5.91 Å². The predicted octanol–water partition coefficient (Wildman–Crippen LogP) is 3.17. The minimum absolute atomic E-state index is 0.167. The molecule has 2 aromatic heterocycles. The van der Waals surface area contributed by atoms with Crippen LogP contribution in [-0.4, -0.2) is 39.9 Å². The first kappa shape index (κ1) is 20.8. The number of nitroso groups, excluding NO2 is 1. The largest absolute Gasteiger partial charge is 0.343 e. The summed E-state index contributed by atoms with van der Waals surface area (Å²) in [5, 5.41) is 7.78. The molecule has 0 aliphatic carbocycles. The Hall–Kier alpha value is -2.55. The van der Waals surface area contributed by atoms with E-state index in [0.717, 1.165) is 31.4 Å². The summed E-state index contributed by atoms with van der Waals surface area (Å²) in [5.74, 6) is -0.350. The van der Waals surface area contributed by atoms with Crippen LogP contribution in [0.2, 0.25) is 0 Å². The minimum atomic E-state index is -0.420. The monoisotopic (exact) mass is 392 g/mol. The molecule has 2 heterocycles. The Morgan fingerprint density at radius 1 is 1.37 bits per heavy atom. The maximum Gasteiger partial charge on any atom is 0.253 e. The third kappa shape index (κ3) is 5.99. The average molecular weight is 393 g/mol. The Labute approximate surface area is 162 Å². The molecule has 0 saturated carbocycles. The molecule has 2 rings (SSSR count). The van der Waals surface area contributed by atoms with Crippen molar-refractivity contribution in [2.75, 3.05) is 18.9 Å². The smallest absolute Gasteiger partial charge is 0.253 e. The molecule has 0 spiro atoms. The minimum Gasteiger partial charge on any atom is -0.343 e. The number of hydrogen-bond acceptors (Lipinski definition) is 5. The third-order valence-electron chi connectivity index (χ3n) is 4.26. The first-order valence-corrected chi connectivity index (χ1v) is 9.95. The van der Waals surface area contributed by atoms with E-state index in [4.69, 9.17) is 0 Å². The van der Waals surface area contributed by atoms with E-state index in [2.05, 4.69) is 29.5 Å². The number of unbranched alkanes of at least 4 members (excludes halogenated alkanes) is 1. The van der Waals surface area contributed by atoms with Gasteiger partial charge >= 0.3 is 0 Å². The van der Waals surface area contributed by atoms with Crippen LogP contribution in [0.3, 0.4) is 0 Å². The van der Waals surface area contributed by atoms with Gasteiger partial charge in [-0.05, 0) is 18.9 Å². The fourth-order valence-electron chi connectivity index (χ4n) is 2.66. The number of rotatable bonds is 10. The lowest BCUT2D eigenvalue weighted by Gasteiger charge is -2.11. The lowest BCUT2D eigenvalue weighted by Crippen LogP contribution is -2.32. The van der Waals surface area contributed by atoms with Crippen molar-refractivity contribution < 1.29 is 14.5 Å². The Balaban J connectivity index is 1.84. The second-order valence-electron chi connectivity index (χ2n) is 6.30. The van der Waals surface area contributed by atoms with Crippen molar-refractivity contribution in [2.24, 2.45) is 0 Å². The van der Waals surface area contributed by atoms with Crippen LogP contribution in [0.25, 0.3) is 0 Å². The van der Waals surface area contributed by atoms with E-state index in [0.29, 0.717) is 21.5 Å². The molecule has 1 atom stereocenters. The molecule has 8 nitrogen and oxygen atoms in total. The van der Waals surface area contributed by atoms with Crippen LogP contribution in [0.1, 0.15) is 61.5 Å². The van der Waals surface area contributed by atoms with Gasteiger partial charge in [0, 0.05) is 11.3 Å². The molecule has 2 aromatic rings. The van der Waals surface area contributed by atoms with Gasteiger partial charge in [0.05, 0.1) is 35.1 Å². The van der Waals surface area contributed by atoms with Crippen molar-refractivity contribution in [1.82, 2.24) is 15.0 Å². The van der Waals surface area contributed by atoms with E-state index >= 15 is 0 Å².